The molecule has 0 radical (unpaired) electrons. The van der Waals surface area contributed by atoms with Crippen LogP contribution in [0.25, 0.3) is 0 Å². The normalized spacial score (nSPS) is 24.9. The Bertz CT molecular complexity index is 417. The molecule has 0 amide bonds. The van der Waals surface area contributed by atoms with Gasteiger partial charge in [-0.15, -0.1) is 0 Å². The zero-order chi connectivity index (χ0) is 13.3. The zero-order valence-electron chi connectivity index (χ0n) is 11.9. The second kappa shape index (κ2) is 5.25. The van der Waals surface area contributed by atoms with Crippen molar-refractivity contribution in [3.63, 3.8) is 0 Å². The van der Waals surface area contributed by atoms with E-state index in [0.29, 0.717) is 6.42 Å². The molecule has 0 spiro atoms. The molecule has 1 aliphatic carbocycles. The van der Waals surface area contributed by atoms with E-state index >= 15 is 0 Å². The predicted octanol–water partition coefficient (Wildman–Crippen LogP) is 1.73. The quantitative estimate of drug-likeness (QED) is 0.899. The van der Waals surface area contributed by atoms with Gasteiger partial charge in [0.15, 0.2) is 0 Å². The van der Waals surface area contributed by atoms with Gasteiger partial charge in [0, 0.05) is 25.2 Å². The van der Waals surface area contributed by atoms with Gasteiger partial charge in [0.25, 0.3) is 0 Å². The smallest absolute Gasteiger partial charge is 0.0779 e. The summed E-state index contributed by atoms with van der Waals surface area (Å²) in [5.41, 5.74) is 1.05. The molecule has 0 bridgehead atoms. The molecule has 0 aromatic carbocycles. The van der Waals surface area contributed by atoms with Gasteiger partial charge in [-0.25, -0.2) is 0 Å². The maximum Gasteiger partial charge on any atom is 0.0779 e. The van der Waals surface area contributed by atoms with Gasteiger partial charge in [0.1, 0.15) is 0 Å². The molecule has 1 unspecified atom stereocenters. The first kappa shape index (κ1) is 13.1. The number of aromatic nitrogens is 2. The molecule has 4 heteroatoms. The first-order valence-corrected chi connectivity index (χ1v) is 7.62. The van der Waals surface area contributed by atoms with Crippen molar-refractivity contribution in [2.45, 2.75) is 56.6 Å². The van der Waals surface area contributed by atoms with Crippen LogP contribution in [0, 0.1) is 0 Å². The molecule has 1 aliphatic heterocycles. The molecule has 2 aliphatic rings. The highest BCUT2D eigenvalue weighted by Gasteiger charge is 2.46. The van der Waals surface area contributed by atoms with E-state index in [-0.39, 0.29) is 11.6 Å². The number of aliphatic hydroxyl groups excluding tert-OH is 1. The van der Waals surface area contributed by atoms with Crippen LogP contribution >= 0.6 is 0 Å². The van der Waals surface area contributed by atoms with Crippen LogP contribution in [0.4, 0.5) is 0 Å². The summed E-state index contributed by atoms with van der Waals surface area (Å²) >= 11 is 0. The molecule has 1 atom stereocenters. The minimum Gasteiger partial charge on any atom is -0.391 e. The molecule has 2 fully saturated rings. The van der Waals surface area contributed by atoms with E-state index in [2.05, 4.69) is 10.00 Å². The SMILES string of the molecule is Cn1ccc(CC(O)C2(N3CCCC3)CCCC2)n1. The predicted molar refractivity (Wildman–Crippen MR) is 74.9 cm³/mol. The van der Waals surface area contributed by atoms with Gasteiger partial charge in [-0.3, -0.25) is 9.58 Å². The van der Waals surface area contributed by atoms with E-state index in [4.69, 9.17) is 0 Å². The number of aryl methyl sites for hydroxylation is 1. The monoisotopic (exact) mass is 263 g/mol. The minimum absolute atomic E-state index is 0.0357. The van der Waals surface area contributed by atoms with E-state index in [9.17, 15) is 5.11 Å². The molecule has 1 saturated carbocycles. The summed E-state index contributed by atoms with van der Waals surface area (Å²) in [5, 5.41) is 15.2. The lowest BCUT2D eigenvalue weighted by Crippen LogP contribution is -2.54. The molecule has 1 N–H and O–H groups in total. The van der Waals surface area contributed by atoms with Crippen molar-refractivity contribution in [3.8, 4) is 0 Å². The van der Waals surface area contributed by atoms with Crippen molar-refractivity contribution >= 4 is 0 Å². The average Bonchev–Trinajstić information content (AvgIpc) is 3.09. The summed E-state index contributed by atoms with van der Waals surface area (Å²) in [6.45, 7) is 2.33. The first-order valence-electron chi connectivity index (χ1n) is 7.62. The summed E-state index contributed by atoms with van der Waals surface area (Å²) in [7, 11) is 1.93. The van der Waals surface area contributed by atoms with Gasteiger partial charge in [-0.05, 0) is 44.8 Å². The van der Waals surface area contributed by atoms with Crippen LogP contribution in [-0.2, 0) is 13.5 Å². The zero-order valence-corrected chi connectivity index (χ0v) is 11.9. The van der Waals surface area contributed by atoms with Crippen molar-refractivity contribution in [2.24, 2.45) is 7.05 Å². The van der Waals surface area contributed by atoms with Crippen LogP contribution in [0.5, 0.6) is 0 Å². The lowest BCUT2D eigenvalue weighted by Gasteiger charge is -2.42. The van der Waals surface area contributed by atoms with Crippen molar-refractivity contribution in [1.29, 1.82) is 0 Å². The summed E-state index contributed by atoms with van der Waals surface area (Å²) < 4.78 is 1.82. The van der Waals surface area contributed by atoms with Gasteiger partial charge in [0.05, 0.1) is 11.8 Å². The topological polar surface area (TPSA) is 41.3 Å². The van der Waals surface area contributed by atoms with Gasteiger partial charge in [0.2, 0.25) is 0 Å². The number of aliphatic hydroxyl groups is 1. The maximum absolute atomic E-state index is 10.8. The first-order chi connectivity index (χ1) is 9.21. The van der Waals surface area contributed by atoms with E-state index in [0.717, 1.165) is 18.5 Å². The fraction of sp³-hybridized carbons (Fsp3) is 0.800. The Morgan fingerprint density at radius 2 is 1.95 bits per heavy atom. The summed E-state index contributed by atoms with van der Waals surface area (Å²) in [6.07, 6.45) is 9.78. The van der Waals surface area contributed by atoms with Crippen LogP contribution in [0.2, 0.25) is 0 Å². The molecule has 1 saturated heterocycles. The molecule has 1 aromatic rings. The molecule has 19 heavy (non-hydrogen) atoms. The Morgan fingerprint density at radius 1 is 1.26 bits per heavy atom. The molecule has 4 nitrogen and oxygen atoms in total. The van der Waals surface area contributed by atoms with E-state index < -0.39 is 0 Å². The van der Waals surface area contributed by atoms with Gasteiger partial charge in [-0.1, -0.05) is 12.8 Å². The highest BCUT2D eigenvalue weighted by atomic mass is 16.3. The van der Waals surface area contributed by atoms with Crippen LogP contribution < -0.4 is 0 Å². The minimum atomic E-state index is -0.275. The van der Waals surface area contributed by atoms with Crippen molar-refractivity contribution < 1.29 is 5.11 Å². The van der Waals surface area contributed by atoms with E-state index in [1.54, 1.807) is 0 Å². The number of likely N-dealkylation sites (tertiary alicyclic amines) is 1. The van der Waals surface area contributed by atoms with Crippen molar-refractivity contribution in [3.05, 3.63) is 18.0 Å². The van der Waals surface area contributed by atoms with Crippen LogP contribution in [0.3, 0.4) is 0 Å². The van der Waals surface area contributed by atoms with Crippen molar-refractivity contribution in [1.82, 2.24) is 14.7 Å². The summed E-state index contributed by atoms with van der Waals surface area (Å²) in [4.78, 5) is 2.56. The Kier molecular flexibility index (Phi) is 3.63. The third-order valence-electron chi connectivity index (χ3n) is 5.00. The van der Waals surface area contributed by atoms with E-state index in [1.807, 2.05) is 24.0 Å². The fourth-order valence-corrected chi connectivity index (χ4v) is 3.97. The van der Waals surface area contributed by atoms with E-state index in [1.165, 1.54) is 38.8 Å². The average molecular weight is 263 g/mol. The second-order valence-electron chi connectivity index (χ2n) is 6.21. The number of hydrogen-bond acceptors (Lipinski definition) is 3. The molecule has 1 aromatic heterocycles. The lowest BCUT2D eigenvalue weighted by atomic mass is 9.86. The maximum atomic E-state index is 10.8. The summed E-state index contributed by atoms with van der Waals surface area (Å²) in [5.74, 6) is 0. The Morgan fingerprint density at radius 3 is 2.53 bits per heavy atom. The third kappa shape index (κ3) is 2.43. The van der Waals surface area contributed by atoms with Crippen LogP contribution in [0.1, 0.15) is 44.2 Å². The lowest BCUT2D eigenvalue weighted by molar-refractivity contribution is -0.0177. The number of rotatable bonds is 4. The molecular formula is C15H25N3O. The Balaban J connectivity index is 1.75. The number of hydrogen-bond donors (Lipinski definition) is 1. The van der Waals surface area contributed by atoms with Crippen molar-refractivity contribution in [2.75, 3.05) is 13.1 Å². The molecule has 2 heterocycles. The second-order valence-corrected chi connectivity index (χ2v) is 6.21. The highest BCUT2D eigenvalue weighted by Crippen LogP contribution is 2.40. The molecular weight excluding hydrogens is 238 g/mol. The van der Waals surface area contributed by atoms with Gasteiger partial charge < -0.3 is 5.11 Å². The van der Waals surface area contributed by atoms with Gasteiger partial charge in [-0.2, -0.15) is 5.10 Å². The highest BCUT2D eigenvalue weighted by molar-refractivity contribution is 5.08. The number of nitrogens with zero attached hydrogens (tertiary/aromatic N) is 3. The molecule has 106 valence electrons. The summed E-state index contributed by atoms with van der Waals surface area (Å²) in [6, 6.07) is 2.02. The molecule has 3 rings (SSSR count). The van der Waals surface area contributed by atoms with Crippen LogP contribution in [0.15, 0.2) is 12.3 Å². The third-order valence-corrected chi connectivity index (χ3v) is 5.00. The Hall–Kier alpha value is -0.870. The fourth-order valence-electron chi connectivity index (χ4n) is 3.97. The van der Waals surface area contributed by atoms with Crippen LogP contribution in [-0.4, -0.2) is 44.5 Å². The standard InChI is InChI=1S/C15H25N3O/c1-17-11-6-13(16-17)12-14(19)15(7-2-3-8-15)18-9-4-5-10-18/h6,11,14,19H,2-5,7-10,12H2,1H3. The largest absolute Gasteiger partial charge is 0.391 e. The van der Waals surface area contributed by atoms with Gasteiger partial charge >= 0.3 is 0 Å². The Labute approximate surface area is 115 Å².